The monoisotopic (exact) mass is 219 g/mol. The molecule has 1 atom stereocenters. The SMILES string of the molecule is CC(CCO)CNc1ccc(C#N)c(N)c1. The van der Waals surface area contributed by atoms with Crippen LogP contribution in [0.15, 0.2) is 18.2 Å². The second kappa shape index (κ2) is 5.99. The topological polar surface area (TPSA) is 82.1 Å². The van der Waals surface area contributed by atoms with Crippen molar-refractivity contribution in [3.63, 3.8) is 0 Å². The number of rotatable bonds is 5. The summed E-state index contributed by atoms with van der Waals surface area (Å²) in [5.74, 6) is 0.405. The molecule has 0 fully saturated rings. The lowest BCUT2D eigenvalue weighted by Gasteiger charge is -2.12. The van der Waals surface area contributed by atoms with E-state index in [-0.39, 0.29) is 6.61 Å². The summed E-state index contributed by atoms with van der Waals surface area (Å²) in [6.45, 7) is 3.06. The van der Waals surface area contributed by atoms with Gasteiger partial charge in [0.15, 0.2) is 0 Å². The van der Waals surface area contributed by atoms with Crippen molar-refractivity contribution in [2.45, 2.75) is 13.3 Å². The highest BCUT2D eigenvalue weighted by Gasteiger charge is 2.02. The maximum absolute atomic E-state index is 8.76. The van der Waals surface area contributed by atoms with E-state index in [0.29, 0.717) is 17.2 Å². The molecular formula is C12H17N3O. The van der Waals surface area contributed by atoms with E-state index in [1.54, 1.807) is 12.1 Å². The standard InChI is InChI=1S/C12H17N3O/c1-9(4-5-16)8-15-11-3-2-10(7-13)12(14)6-11/h2-3,6,9,15-16H,4-5,8,14H2,1H3. The lowest BCUT2D eigenvalue weighted by Crippen LogP contribution is -2.12. The van der Waals surface area contributed by atoms with Gasteiger partial charge in [0.1, 0.15) is 6.07 Å². The molecule has 4 heteroatoms. The van der Waals surface area contributed by atoms with Crippen LogP contribution in [0.5, 0.6) is 0 Å². The van der Waals surface area contributed by atoms with Crippen LogP contribution < -0.4 is 11.1 Å². The maximum atomic E-state index is 8.76. The molecule has 4 N–H and O–H groups in total. The van der Waals surface area contributed by atoms with E-state index < -0.39 is 0 Å². The molecule has 1 rings (SSSR count). The van der Waals surface area contributed by atoms with Crippen molar-refractivity contribution in [1.29, 1.82) is 5.26 Å². The van der Waals surface area contributed by atoms with Crippen LogP contribution in [0.4, 0.5) is 11.4 Å². The largest absolute Gasteiger partial charge is 0.398 e. The second-order valence-corrected chi connectivity index (χ2v) is 3.91. The number of aliphatic hydroxyl groups is 1. The van der Waals surface area contributed by atoms with E-state index in [1.807, 2.05) is 12.1 Å². The van der Waals surface area contributed by atoms with E-state index in [1.165, 1.54) is 0 Å². The zero-order chi connectivity index (χ0) is 12.0. The highest BCUT2D eigenvalue weighted by atomic mass is 16.3. The average molecular weight is 219 g/mol. The van der Waals surface area contributed by atoms with Gasteiger partial charge in [0.25, 0.3) is 0 Å². The van der Waals surface area contributed by atoms with E-state index in [2.05, 4.69) is 12.2 Å². The minimum atomic E-state index is 0.207. The van der Waals surface area contributed by atoms with Crippen LogP contribution in [0, 0.1) is 17.2 Å². The fourth-order valence-corrected chi connectivity index (χ4v) is 1.39. The summed E-state index contributed by atoms with van der Waals surface area (Å²) < 4.78 is 0. The van der Waals surface area contributed by atoms with Gasteiger partial charge in [0.2, 0.25) is 0 Å². The van der Waals surface area contributed by atoms with Gasteiger partial charge in [-0.25, -0.2) is 0 Å². The Morgan fingerprint density at radius 2 is 2.31 bits per heavy atom. The van der Waals surface area contributed by atoms with Crippen LogP contribution in [-0.2, 0) is 0 Å². The zero-order valence-electron chi connectivity index (χ0n) is 9.40. The average Bonchev–Trinajstić information content (AvgIpc) is 2.27. The highest BCUT2D eigenvalue weighted by Crippen LogP contribution is 2.17. The van der Waals surface area contributed by atoms with Crippen LogP contribution in [0.2, 0.25) is 0 Å². The van der Waals surface area contributed by atoms with Gasteiger partial charge >= 0.3 is 0 Å². The molecule has 86 valence electrons. The first-order valence-corrected chi connectivity index (χ1v) is 5.31. The van der Waals surface area contributed by atoms with Gasteiger partial charge in [0, 0.05) is 18.8 Å². The molecule has 0 heterocycles. The van der Waals surface area contributed by atoms with Crippen molar-refractivity contribution in [2.75, 3.05) is 24.2 Å². The van der Waals surface area contributed by atoms with Gasteiger partial charge in [-0.05, 0) is 30.5 Å². The van der Waals surface area contributed by atoms with Crippen molar-refractivity contribution in [2.24, 2.45) is 5.92 Å². The van der Waals surface area contributed by atoms with Gasteiger partial charge < -0.3 is 16.2 Å². The number of nitrogens with one attached hydrogen (secondary N) is 1. The molecule has 0 spiro atoms. The second-order valence-electron chi connectivity index (χ2n) is 3.91. The third-order valence-corrected chi connectivity index (χ3v) is 2.45. The Hall–Kier alpha value is -1.73. The summed E-state index contributed by atoms with van der Waals surface area (Å²) in [7, 11) is 0. The Balaban J connectivity index is 2.56. The number of hydrogen-bond acceptors (Lipinski definition) is 4. The molecule has 0 aliphatic rings. The molecule has 0 radical (unpaired) electrons. The van der Waals surface area contributed by atoms with Crippen LogP contribution >= 0.6 is 0 Å². The third kappa shape index (κ3) is 3.44. The molecule has 1 unspecified atom stereocenters. The number of nitrogens with zero attached hydrogens (tertiary/aromatic N) is 1. The van der Waals surface area contributed by atoms with E-state index in [0.717, 1.165) is 18.7 Å². The Morgan fingerprint density at radius 1 is 1.56 bits per heavy atom. The molecule has 0 aromatic heterocycles. The molecule has 0 aliphatic carbocycles. The normalized spacial score (nSPS) is 11.8. The van der Waals surface area contributed by atoms with Gasteiger partial charge in [-0.15, -0.1) is 0 Å². The maximum Gasteiger partial charge on any atom is 0.101 e. The smallest absolute Gasteiger partial charge is 0.101 e. The van der Waals surface area contributed by atoms with Crippen molar-refractivity contribution in [1.82, 2.24) is 0 Å². The lowest BCUT2D eigenvalue weighted by atomic mass is 10.1. The molecule has 16 heavy (non-hydrogen) atoms. The van der Waals surface area contributed by atoms with Crippen molar-refractivity contribution in [3.8, 4) is 6.07 Å². The van der Waals surface area contributed by atoms with E-state index in [9.17, 15) is 0 Å². The molecule has 1 aromatic carbocycles. The number of benzene rings is 1. The van der Waals surface area contributed by atoms with E-state index in [4.69, 9.17) is 16.1 Å². The van der Waals surface area contributed by atoms with Gasteiger partial charge in [-0.1, -0.05) is 6.92 Å². The summed E-state index contributed by atoms with van der Waals surface area (Å²) in [5.41, 5.74) is 7.58. The predicted molar refractivity (Wildman–Crippen MR) is 64.9 cm³/mol. The van der Waals surface area contributed by atoms with Crippen molar-refractivity contribution in [3.05, 3.63) is 23.8 Å². The van der Waals surface area contributed by atoms with Gasteiger partial charge in [-0.2, -0.15) is 5.26 Å². The molecule has 4 nitrogen and oxygen atoms in total. The van der Waals surface area contributed by atoms with Crippen LogP contribution in [0.25, 0.3) is 0 Å². The highest BCUT2D eigenvalue weighted by molar-refractivity contribution is 5.62. The van der Waals surface area contributed by atoms with Crippen LogP contribution in [0.1, 0.15) is 18.9 Å². The quantitative estimate of drug-likeness (QED) is 0.656. The van der Waals surface area contributed by atoms with Gasteiger partial charge in [0.05, 0.1) is 11.3 Å². The third-order valence-electron chi connectivity index (χ3n) is 2.45. The van der Waals surface area contributed by atoms with E-state index >= 15 is 0 Å². The molecule has 0 saturated heterocycles. The fourth-order valence-electron chi connectivity index (χ4n) is 1.39. The minimum Gasteiger partial charge on any atom is -0.398 e. The predicted octanol–water partition coefficient (Wildman–Crippen LogP) is 1.57. The number of nitrogen functional groups attached to an aromatic ring is 1. The number of nitriles is 1. The Morgan fingerprint density at radius 3 is 2.88 bits per heavy atom. The molecule has 0 saturated carbocycles. The zero-order valence-corrected chi connectivity index (χ0v) is 9.40. The summed E-state index contributed by atoms with van der Waals surface area (Å²) in [4.78, 5) is 0. The molecule has 1 aromatic rings. The van der Waals surface area contributed by atoms with Crippen LogP contribution in [0.3, 0.4) is 0 Å². The number of hydrogen-bond donors (Lipinski definition) is 3. The van der Waals surface area contributed by atoms with Crippen molar-refractivity contribution < 1.29 is 5.11 Å². The summed E-state index contributed by atoms with van der Waals surface area (Å²) in [5, 5.41) is 20.7. The number of aliphatic hydroxyl groups excluding tert-OH is 1. The first-order chi connectivity index (χ1) is 7.67. The fraction of sp³-hybridized carbons (Fsp3) is 0.417. The Labute approximate surface area is 95.7 Å². The van der Waals surface area contributed by atoms with Crippen molar-refractivity contribution >= 4 is 11.4 Å². The molecule has 0 aliphatic heterocycles. The minimum absolute atomic E-state index is 0.207. The Kier molecular flexibility index (Phi) is 4.62. The lowest BCUT2D eigenvalue weighted by molar-refractivity contribution is 0.266. The molecule has 0 bridgehead atoms. The molecule has 0 amide bonds. The first kappa shape index (κ1) is 12.3. The summed E-state index contributed by atoms with van der Waals surface area (Å²) in [6, 6.07) is 7.31. The first-order valence-electron chi connectivity index (χ1n) is 5.31. The Bertz CT molecular complexity index is 384. The summed E-state index contributed by atoms with van der Waals surface area (Å²) in [6.07, 6.45) is 0.777. The number of nitrogens with two attached hydrogens (primary N) is 1. The van der Waals surface area contributed by atoms with Crippen LogP contribution in [-0.4, -0.2) is 18.3 Å². The summed E-state index contributed by atoms with van der Waals surface area (Å²) >= 11 is 0. The van der Waals surface area contributed by atoms with Gasteiger partial charge in [-0.3, -0.25) is 0 Å². The molecular weight excluding hydrogens is 202 g/mol. The number of anilines is 2.